The Morgan fingerprint density at radius 3 is 2.36 bits per heavy atom. The number of aryl methyl sites for hydroxylation is 1. The van der Waals surface area contributed by atoms with Gasteiger partial charge in [-0.15, -0.1) is 0 Å². The molecular weight excluding hydrogens is 447 g/mol. The fraction of sp³-hybridized carbons (Fsp3) is 0.308. The third kappa shape index (κ3) is 4.93. The quantitative estimate of drug-likeness (QED) is 0.452. The van der Waals surface area contributed by atoms with Crippen LogP contribution >= 0.6 is 0 Å². The Bertz CT molecular complexity index is 1280. The van der Waals surface area contributed by atoms with Gasteiger partial charge in [0.25, 0.3) is 0 Å². The maximum absolute atomic E-state index is 13.2. The first-order valence-corrected chi connectivity index (χ1v) is 12.4. The van der Waals surface area contributed by atoms with Crippen LogP contribution in [0.3, 0.4) is 0 Å². The molecule has 0 aromatic heterocycles. The van der Waals surface area contributed by atoms with Gasteiger partial charge in [0.1, 0.15) is 0 Å². The van der Waals surface area contributed by atoms with E-state index in [0.717, 1.165) is 17.2 Å². The van der Waals surface area contributed by atoms with Crippen molar-refractivity contribution in [2.45, 2.75) is 55.5 Å². The second kappa shape index (κ2) is 8.20. The minimum Gasteiger partial charge on any atom is -0.378 e. The van der Waals surface area contributed by atoms with Gasteiger partial charge in [-0.05, 0) is 65.8 Å². The molecule has 3 aromatic carbocycles. The molecule has 1 atom stereocenters. The summed E-state index contributed by atoms with van der Waals surface area (Å²) in [5.74, 6) is -0.120. The van der Waals surface area contributed by atoms with Crippen LogP contribution in [-0.4, -0.2) is 8.42 Å². The molecule has 0 spiro atoms. The number of nitrogens with one attached hydrogen (secondary N) is 1. The standard InChI is InChI=1S/C26H26F3NO2S/c1-17-7-10-21(11-8-17)33(31,32)16-18-5-4-6-19(13-18)24-15-25(2,3)22-14-20(26(27,28)29)9-12-23(22)30-24/h4-14,24,30H,15-16H2,1-3H3. The number of anilines is 1. The van der Waals surface area contributed by atoms with Crippen LogP contribution in [0.15, 0.2) is 71.6 Å². The molecular formula is C26H26F3NO2S. The number of fused-ring (bicyclic) bond motifs is 1. The van der Waals surface area contributed by atoms with Crippen LogP contribution in [0.2, 0.25) is 0 Å². The summed E-state index contributed by atoms with van der Waals surface area (Å²) in [6.45, 7) is 5.78. The van der Waals surface area contributed by atoms with Crippen molar-refractivity contribution in [2.24, 2.45) is 0 Å². The lowest BCUT2D eigenvalue weighted by Gasteiger charge is -2.39. The SMILES string of the molecule is Cc1ccc(S(=O)(=O)Cc2cccc(C3CC(C)(C)c4cc(C(F)(F)F)ccc4N3)c2)cc1. The van der Waals surface area contributed by atoms with Crippen LogP contribution in [-0.2, 0) is 27.2 Å². The minimum atomic E-state index is -4.39. The summed E-state index contributed by atoms with van der Waals surface area (Å²) in [7, 11) is -3.49. The predicted molar refractivity (Wildman–Crippen MR) is 124 cm³/mol. The van der Waals surface area contributed by atoms with Crippen molar-refractivity contribution < 1.29 is 21.6 Å². The Kier molecular flexibility index (Phi) is 5.81. The van der Waals surface area contributed by atoms with Gasteiger partial charge in [-0.3, -0.25) is 0 Å². The molecule has 3 aromatic rings. The molecule has 174 valence electrons. The number of rotatable bonds is 4. The first kappa shape index (κ1) is 23.4. The highest BCUT2D eigenvalue weighted by molar-refractivity contribution is 7.90. The first-order valence-electron chi connectivity index (χ1n) is 10.7. The molecule has 0 aliphatic carbocycles. The Morgan fingerprint density at radius 1 is 1.00 bits per heavy atom. The molecule has 0 saturated heterocycles. The van der Waals surface area contributed by atoms with Crippen LogP contribution in [0, 0.1) is 6.92 Å². The van der Waals surface area contributed by atoms with Crippen molar-refractivity contribution in [2.75, 3.05) is 5.32 Å². The lowest BCUT2D eigenvalue weighted by Crippen LogP contribution is -2.31. The van der Waals surface area contributed by atoms with E-state index in [4.69, 9.17) is 0 Å². The van der Waals surface area contributed by atoms with Crippen molar-refractivity contribution in [1.29, 1.82) is 0 Å². The number of benzene rings is 3. The smallest absolute Gasteiger partial charge is 0.378 e. The monoisotopic (exact) mass is 473 g/mol. The average Bonchev–Trinajstić information content (AvgIpc) is 2.72. The second-order valence-corrected chi connectivity index (χ2v) is 11.3. The maximum Gasteiger partial charge on any atom is 0.416 e. The lowest BCUT2D eigenvalue weighted by molar-refractivity contribution is -0.137. The fourth-order valence-corrected chi connectivity index (χ4v) is 5.75. The molecule has 0 saturated carbocycles. The predicted octanol–water partition coefficient (Wildman–Crippen LogP) is 6.82. The number of sulfone groups is 1. The first-order chi connectivity index (χ1) is 15.3. The molecule has 0 amide bonds. The molecule has 0 fully saturated rings. The maximum atomic E-state index is 13.2. The van der Waals surface area contributed by atoms with Crippen molar-refractivity contribution in [3.05, 3.63) is 94.5 Å². The third-order valence-corrected chi connectivity index (χ3v) is 7.91. The summed E-state index contributed by atoms with van der Waals surface area (Å²) in [4.78, 5) is 0.282. The highest BCUT2D eigenvalue weighted by atomic mass is 32.2. The minimum absolute atomic E-state index is 0.120. The molecule has 3 nitrogen and oxygen atoms in total. The van der Waals surface area contributed by atoms with Gasteiger partial charge in [0, 0.05) is 5.69 Å². The Balaban J connectivity index is 1.61. The van der Waals surface area contributed by atoms with Gasteiger partial charge in [-0.25, -0.2) is 8.42 Å². The Morgan fingerprint density at radius 2 is 1.70 bits per heavy atom. The summed E-state index contributed by atoms with van der Waals surface area (Å²) >= 11 is 0. The highest BCUT2D eigenvalue weighted by Crippen LogP contribution is 2.46. The van der Waals surface area contributed by atoms with Gasteiger partial charge in [0.15, 0.2) is 9.84 Å². The molecule has 1 N–H and O–H groups in total. The van der Waals surface area contributed by atoms with Crippen LogP contribution in [0.4, 0.5) is 18.9 Å². The van der Waals surface area contributed by atoms with E-state index in [1.165, 1.54) is 12.1 Å². The van der Waals surface area contributed by atoms with Crippen LogP contribution in [0.1, 0.15) is 54.1 Å². The molecule has 0 bridgehead atoms. The van der Waals surface area contributed by atoms with Crippen molar-refractivity contribution in [3.8, 4) is 0 Å². The summed E-state index contributed by atoms with van der Waals surface area (Å²) in [6.07, 6.45) is -3.81. The van der Waals surface area contributed by atoms with Gasteiger partial charge in [0.05, 0.1) is 22.3 Å². The zero-order valence-electron chi connectivity index (χ0n) is 18.7. The highest BCUT2D eigenvalue weighted by Gasteiger charge is 2.37. The zero-order valence-corrected chi connectivity index (χ0v) is 19.5. The van der Waals surface area contributed by atoms with Crippen LogP contribution in [0.5, 0.6) is 0 Å². The summed E-state index contributed by atoms with van der Waals surface area (Å²) in [6, 6.07) is 17.8. The van der Waals surface area contributed by atoms with E-state index < -0.39 is 27.0 Å². The van der Waals surface area contributed by atoms with E-state index in [0.29, 0.717) is 23.2 Å². The molecule has 0 radical (unpaired) electrons. The molecule has 1 aliphatic rings. The molecule has 1 heterocycles. The van der Waals surface area contributed by atoms with E-state index in [2.05, 4.69) is 5.32 Å². The van der Waals surface area contributed by atoms with E-state index >= 15 is 0 Å². The second-order valence-electron chi connectivity index (χ2n) is 9.36. The van der Waals surface area contributed by atoms with Crippen molar-refractivity contribution in [3.63, 3.8) is 0 Å². The third-order valence-electron chi connectivity index (χ3n) is 6.21. The molecule has 7 heteroatoms. The number of alkyl halides is 3. The Labute approximate surface area is 192 Å². The zero-order chi connectivity index (χ0) is 24.0. The molecule has 1 aliphatic heterocycles. The molecule has 33 heavy (non-hydrogen) atoms. The van der Waals surface area contributed by atoms with E-state index in [-0.39, 0.29) is 16.7 Å². The van der Waals surface area contributed by atoms with Gasteiger partial charge in [0.2, 0.25) is 0 Å². The van der Waals surface area contributed by atoms with E-state index in [1.807, 2.05) is 39.0 Å². The molecule has 1 unspecified atom stereocenters. The van der Waals surface area contributed by atoms with Gasteiger partial charge in [-0.1, -0.05) is 55.8 Å². The normalized spacial score (nSPS) is 17.8. The Hall–Kier alpha value is -2.80. The fourth-order valence-electron chi connectivity index (χ4n) is 4.41. The summed E-state index contributed by atoms with van der Waals surface area (Å²) in [5.41, 5.74) is 2.73. The van der Waals surface area contributed by atoms with Crippen LogP contribution < -0.4 is 5.32 Å². The topological polar surface area (TPSA) is 46.2 Å². The number of hydrogen-bond donors (Lipinski definition) is 1. The van der Waals surface area contributed by atoms with Crippen LogP contribution in [0.25, 0.3) is 0 Å². The van der Waals surface area contributed by atoms with Crippen molar-refractivity contribution in [1.82, 2.24) is 0 Å². The van der Waals surface area contributed by atoms with E-state index in [9.17, 15) is 21.6 Å². The number of hydrogen-bond acceptors (Lipinski definition) is 3. The van der Waals surface area contributed by atoms with Gasteiger partial charge < -0.3 is 5.32 Å². The largest absolute Gasteiger partial charge is 0.416 e. The average molecular weight is 474 g/mol. The summed E-state index contributed by atoms with van der Waals surface area (Å²) in [5, 5.41) is 3.36. The van der Waals surface area contributed by atoms with E-state index in [1.54, 1.807) is 30.3 Å². The molecule has 4 rings (SSSR count). The van der Waals surface area contributed by atoms with Gasteiger partial charge >= 0.3 is 6.18 Å². The number of halogens is 3. The summed E-state index contributed by atoms with van der Waals surface area (Å²) < 4.78 is 65.4. The van der Waals surface area contributed by atoms with Gasteiger partial charge in [-0.2, -0.15) is 13.2 Å². The lowest BCUT2D eigenvalue weighted by atomic mass is 9.73. The van der Waals surface area contributed by atoms with Crippen molar-refractivity contribution >= 4 is 15.5 Å².